The van der Waals surface area contributed by atoms with E-state index in [1.807, 2.05) is 0 Å². The molecule has 1 aromatic rings. The average Bonchev–Trinajstić information content (AvgIpc) is 2.38. The Kier molecular flexibility index (Phi) is 4.86. The molecule has 92 valence electrons. The van der Waals surface area contributed by atoms with Gasteiger partial charge in [-0.15, -0.1) is 0 Å². The number of hydrogen-bond acceptors (Lipinski definition) is 7. The van der Waals surface area contributed by atoms with Crippen molar-refractivity contribution in [3.8, 4) is 0 Å². The first-order valence-corrected chi connectivity index (χ1v) is 4.89. The second-order valence-corrected chi connectivity index (χ2v) is 3.01. The first-order valence-electron chi connectivity index (χ1n) is 4.89. The van der Waals surface area contributed by atoms with E-state index in [1.165, 1.54) is 20.4 Å². The number of carbonyl (C=O) groups excluding carboxylic acids is 2. The number of methoxy groups -OCH3 is 2. The van der Waals surface area contributed by atoms with Crippen LogP contribution >= 0.6 is 0 Å². The maximum Gasteiger partial charge on any atom is 0.376 e. The predicted molar refractivity (Wildman–Crippen MR) is 58.5 cm³/mol. The molecular weight excluding hydrogens is 226 g/mol. The SMILES string of the molecule is COC(=O)CCNc1ccnc(C(=O)OC)n1. The molecule has 0 aromatic carbocycles. The Morgan fingerprint density at radius 2 is 2.12 bits per heavy atom. The third-order valence-corrected chi connectivity index (χ3v) is 1.89. The van der Waals surface area contributed by atoms with Gasteiger partial charge < -0.3 is 14.8 Å². The zero-order valence-electron chi connectivity index (χ0n) is 9.60. The zero-order valence-corrected chi connectivity index (χ0v) is 9.60. The zero-order chi connectivity index (χ0) is 12.7. The van der Waals surface area contributed by atoms with E-state index in [-0.39, 0.29) is 18.2 Å². The Labute approximate surface area is 98.2 Å². The second kappa shape index (κ2) is 6.41. The van der Waals surface area contributed by atoms with Crippen molar-refractivity contribution in [3.05, 3.63) is 18.1 Å². The van der Waals surface area contributed by atoms with E-state index in [1.54, 1.807) is 6.07 Å². The van der Waals surface area contributed by atoms with Crippen LogP contribution in [0.5, 0.6) is 0 Å². The molecule has 7 heteroatoms. The molecule has 0 radical (unpaired) electrons. The molecule has 0 aliphatic carbocycles. The third kappa shape index (κ3) is 4.06. The molecule has 0 aliphatic rings. The van der Waals surface area contributed by atoms with Crippen LogP contribution in [0.1, 0.15) is 17.0 Å². The van der Waals surface area contributed by atoms with Crippen LogP contribution in [0.4, 0.5) is 5.82 Å². The van der Waals surface area contributed by atoms with E-state index in [2.05, 4.69) is 24.8 Å². The van der Waals surface area contributed by atoms with E-state index in [4.69, 9.17) is 0 Å². The van der Waals surface area contributed by atoms with E-state index >= 15 is 0 Å². The maximum absolute atomic E-state index is 11.1. The highest BCUT2D eigenvalue weighted by atomic mass is 16.5. The van der Waals surface area contributed by atoms with Crippen LogP contribution in [0.3, 0.4) is 0 Å². The first kappa shape index (κ1) is 12.9. The standard InChI is InChI=1S/C10H13N3O4/c1-16-8(14)4-6-11-7-3-5-12-9(13-7)10(15)17-2/h3,5H,4,6H2,1-2H3,(H,11,12,13). The minimum absolute atomic E-state index is 0.0319. The molecule has 0 amide bonds. The minimum atomic E-state index is -0.610. The van der Waals surface area contributed by atoms with Gasteiger partial charge in [-0.25, -0.2) is 14.8 Å². The molecule has 1 aromatic heterocycles. The topological polar surface area (TPSA) is 90.4 Å². The molecule has 0 saturated carbocycles. The summed E-state index contributed by atoms with van der Waals surface area (Å²) in [6.07, 6.45) is 1.65. The van der Waals surface area contributed by atoms with Gasteiger partial charge in [0.05, 0.1) is 20.6 Å². The van der Waals surface area contributed by atoms with Gasteiger partial charge in [-0.3, -0.25) is 4.79 Å². The highest BCUT2D eigenvalue weighted by Gasteiger charge is 2.09. The van der Waals surface area contributed by atoms with E-state index in [9.17, 15) is 9.59 Å². The number of esters is 2. The molecule has 0 saturated heterocycles. The number of nitrogens with one attached hydrogen (secondary N) is 1. The molecule has 0 fully saturated rings. The number of rotatable bonds is 5. The molecule has 1 heterocycles. The molecule has 1 N–H and O–H groups in total. The van der Waals surface area contributed by atoms with Crippen molar-refractivity contribution in [3.63, 3.8) is 0 Å². The Morgan fingerprint density at radius 3 is 2.76 bits per heavy atom. The largest absolute Gasteiger partial charge is 0.469 e. The molecule has 17 heavy (non-hydrogen) atoms. The Balaban J connectivity index is 2.54. The lowest BCUT2D eigenvalue weighted by atomic mass is 10.4. The molecule has 0 bridgehead atoms. The fourth-order valence-electron chi connectivity index (χ4n) is 1.04. The summed E-state index contributed by atoms with van der Waals surface area (Å²) >= 11 is 0. The molecule has 1 rings (SSSR count). The highest BCUT2D eigenvalue weighted by molar-refractivity contribution is 5.85. The van der Waals surface area contributed by atoms with Crippen LogP contribution < -0.4 is 5.32 Å². The van der Waals surface area contributed by atoms with Gasteiger partial charge in [-0.1, -0.05) is 0 Å². The van der Waals surface area contributed by atoms with Gasteiger partial charge in [0.2, 0.25) is 5.82 Å². The normalized spacial score (nSPS) is 9.53. The van der Waals surface area contributed by atoms with Gasteiger partial charge in [0, 0.05) is 12.7 Å². The number of nitrogens with zero attached hydrogens (tertiary/aromatic N) is 2. The van der Waals surface area contributed by atoms with Gasteiger partial charge >= 0.3 is 11.9 Å². The summed E-state index contributed by atoms with van der Waals surface area (Å²) < 4.78 is 8.97. The quantitative estimate of drug-likeness (QED) is 0.736. The van der Waals surface area contributed by atoms with E-state index in [0.717, 1.165) is 0 Å². The molecule has 0 atom stereocenters. The van der Waals surface area contributed by atoms with E-state index in [0.29, 0.717) is 12.4 Å². The molecular formula is C10H13N3O4. The van der Waals surface area contributed by atoms with Crippen molar-refractivity contribution in [2.45, 2.75) is 6.42 Å². The van der Waals surface area contributed by atoms with Crippen molar-refractivity contribution in [1.29, 1.82) is 0 Å². The summed E-state index contributed by atoms with van der Waals surface area (Å²) in [6, 6.07) is 1.59. The summed E-state index contributed by atoms with van der Waals surface area (Å²) in [5.74, 6) is -0.513. The van der Waals surface area contributed by atoms with Crippen molar-refractivity contribution in [1.82, 2.24) is 9.97 Å². The number of anilines is 1. The second-order valence-electron chi connectivity index (χ2n) is 3.01. The number of aromatic nitrogens is 2. The van der Waals surface area contributed by atoms with E-state index < -0.39 is 5.97 Å². The Hall–Kier alpha value is -2.18. The monoisotopic (exact) mass is 239 g/mol. The van der Waals surface area contributed by atoms with Crippen LogP contribution in [0, 0.1) is 0 Å². The Morgan fingerprint density at radius 1 is 1.35 bits per heavy atom. The van der Waals surface area contributed by atoms with Crippen LogP contribution in [0.15, 0.2) is 12.3 Å². The Bertz CT molecular complexity index is 408. The smallest absolute Gasteiger partial charge is 0.376 e. The van der Waals surface area contributed by atoms with Gasteiger partial charge in [0.1, 0.15) is 5.82 Å². The van der Waals surface area contributed by atoms with Crippen molar-refractivity contribution < 1.29 is 19.1 Å². The lowest BCUT2D eigenvalue weighted by Gasteiger charge is -2.05. The molecule has 0 spiro atoms. The summed E-state index contributed by atoms with van der Waals surface area (Å²) in [5, 5.41) is 2.87. The summed E-state index contributed by atoms with van der Waals surface area (Å²) in [5.41, 5.74) is 0. The van der Waals surface area contributed by atoms with Crippen LogP contribution in [0.25, 0.3) is 0 Å². The van der Waals surface area contributed by atoms with Gasteiger partial charge in [0.25, 0.3) is 0 Å². The van der Waals surface area contributed by atoms with Crippen LogP contribution in [-0.2, 0) is 14.3 Å². The minimum Gasteiger partial charge on any atom is -0.469 e. The maximum atomic E-state index is 11.1. The summed E-state index contributed by atoms with van der Waals surface area (Å²) in [6.45, 7) is 0.365. The summed E-state index contributed by atoms with van der Waals surface area (Å²) in [4.78, 5) is 29.7. The van der Waals surface area contributed by atoms with Gasteiger partial charge in [-0.2, -0.15) is 0 Å². The van der Waals surface area contributed by atoms with Crippen LogP contribution in [0.2, 0.25) is 0 Å². The van der Waals surface area contributed by atoms with Crippen LogP contribution in [-0.4, -0.2) is 42.7 Å². The molecule has 7 nitrogen and oxygen atoms in total. The lowest BCUT2D eigenvalue weighted by Crippen LogP contribution is -2.13. The average molecular weight is 239 g/mol. The van der Waals surface area contributed by atoms with Crippen molar-refractivity contribution in [2.24, 2.45) is 0 Å². The number of ether oxygens (including phenoxy) is 2. The van der Waals surface area contributed by atoms with Gasteiger partial charge in [-0.05, 0) is 6.07 Å². The highest BCUT2D eigenvalue weighted by Crippen LogP contribution is 2.03. The first-order chi connectivity index (χ1) is 8.17. The third-order valence-electron chi connectivity index (χ3n) is 1.89. The molecule has 0 unspecified atom stereocenters. The fourth-order valence-corrected chi connectivity index (χ4v) is 1.04. The summed E-state index contributed by atoms with van der Waals surface area (Å²) in [7, 11) is 2.57. The van der Waals surface area contributed by atoms with Crippen molar-refractivity contribution in [2.75, 3.05) is 26.1 Å². The number of carbonyl (C=O) groups is 2. The predicted octanol–water partition coefficient (Wildman–Crippen LogP) is 0.238. The molecule has 0 aliphatic heterocycles. The number of hydrogen-bond donors (Lipinski definition) is 1. The van der Waals surface area contributed by atoms with Crippen molar-refractivity contribution >= 4 is 17.8 Å². The fraction of sp³-hybridized carbons (Fsp3) is 0.400. The lowest BCUT2D eigenvalue weighted by molar-refractivity contribution is -0.140. The van der Waals surface area contributed by atoms with Gasteiger partial charge in [0.15, 0.2) is 0 Å².